The molecule has 0 spiro atoms. The summed E-state index contributed by atoms with van der Waals surface area (Å²) in [4.78, 5) is 51.8. The summed E-state index contributed by atoms with van der Waals surface area (Å²) in [5.74, 6) is -0.637. The third-order valence-electron chi connectivity index (χ3n) is 5.29. The molecule has 9 nitrogen and oxygen atoms in total. The van der Waals surface area contributed by atoms with Gasteiger partial charge in [0, 0.05) is 23.7 Å². The van der Waals surface area contributed by atoms with E-state index in [4.69, 9.17) is 4.74 Å². The van der Waals surface area contributed by atoms with E-state index in [1.54, 1.807) is 24.3 Å². The molecule has 154 valence electrons. The first-order valence-electron chi connectivity index (χ1n) is 9.48. The van der Waals surface area contributed by atoms with Gasteiger partial charge in [-0.05, 0) is 49.2 Å². The summed E-state index contributed by atoms with van der Waals surface area (Å²) in [6.45, 7) is 0. The molecule has 1 aliphatic carbocycles. The van der Waals surface area contributed by atoms with Crippen molar-refractivity contribution >= 4 is 29.1 Å². The zero-order valence-electron chi connectivity index (χ0n) is 16.2. The van der Waals surface area contributed by atoms with Gasteiger partial charge in [0.05, 0.1) is 24.1 Å². The minimum Gasteiger partial charge on any atom is -0.497 e. The van der Waals surface area contributed by atoms with Gasteiger partial charge in [-0.15, -0.1) is 0 Å². The van der Waals surface area contributed by atoms with Crippen molar-refractivity contribution in [2.45, 2.75) is 31.3 Å². The molecular formula is C21H19N3O6. The molecule has 9 heteroatoms. The Kier molecular flexibility index (Phi) is 4.94. The lowest BCUT2D eigenvalue weighted by atomic mass is 10.1. The van der Waals surface area contributed by atoms with Gasteiger partial charge in [0.2, 0.25) is 5.91 Å². The van der Waals surface area contributed by atoms with Gasteiger partial charge in [-0.2, -0.15) is 0 Å². The molecule has 0 N–H and O–H groups in total. The van der Waals surface area contributed by atoms with Crippen LogP contribution in [0, 0.1) is 10.1 Å². The van der Waals surface area contributed by atoms with Gasteiger partial charge < -0.3 is 9.64 Å². The fraction of sp³-hybridized carbons (Fsp3) is 0.286. The molecule has 1 aliphatic heterocycles. The van der Waals surface area contributed by atoms with Crippen LogP contribution in [-0.2, 0) is 9.59 Å². The first kappa shape index (κ1) is 19.6. The molecule has 2 fully saturated rings. The van der Waals surface area contributed by atoms with Crippen LogP contribution in [0.1, 0.15) is 29.6 Å². The quantitative estimate of drug-likeness (QED) is 0.412. The molecule has 2 aromatic rings. The number of carbonyl (C=O) groups is 3. The minimum atomic E-state index is -0.894. The summed E-state index contributed by atoms with van der Waals surface area (Å²) < 4.78 is 5.10. The van der Waals surface area contributed by atoms with Crippen molar-refractivity contribution in [3.05, 3.63) is 64.2 Å². The molecule has 3 amide bonds. The molecule has 0 aromatic heterocycles. The highest BCUT2D eigenvalue weighted by atomic mass is 16.6. The Labute approximate surface area is 172 Å². The van der Waals surface area contributed by atoms with Gasteiger partial charge in [-0.3, -0.25) is 24.5 Å². The number of nitrogens with zero attached hydrogens (tertiary/aromatic N) is 3. The van der Waals surface area contributed by atoms with E-state index in [2.05, 4.69) is 0 Å². The normalized spacial score (nSPS) is 18.4. The Morgan fingerprint density at radius 3 is 2.27 bits per heavy atom. The van der Waals surface area contributed by atoms with E-state index in [0.29, 0.717) is 11.4 Å². The number of nitro benzene ring substituents is 1. The van der Waals surface area contributed by atoms with E-state index in [1.165, 1.54) is 36.3 Å². The van der Waals surface area contributed by atoms with Gasteiger partial charge in [-0.1, -0.05) is 0 Å². The highest BCUT2D eigenvalue weighted by Gasteiger charge is 2.48. The number of ether oxygens (including phenoxy) is 1. The Morgan fingerprint density at radius 2 is 1.73 bits per heavy atom. The zero-order chi connectivity index (χ0) is 21.4. The molecule has 1 unspecified atom stereocenters. The summed E-state index contributed by atoms with van der Waals surface area (Å²) >= 11 is 0. The van der Waals surface area contributed by atoms with Crippen LogP contribution in [0.3, 0.4) is 0 Å². The molecule has 1 atom stereocenters. The van der Waals surface area contributed by atoms with Gasteiger partial charge in [0.25, 0.3) is 17.5 Å². The van der Waals surface area contributed by atoms with Crippen molar-refractivity contribution < 1.29 is 24.0 Å². The Bertz CT molecular complexity index is 1010. The van der Waals surface area contributed by atoms with Crippen LogP contribution in [0.2, 0.25) is 0 Å². The Morgan fingerprint density at radius 1 is 1.10 bits per heavy atom. The smallest absolute Gasteiger partial charge is 0.269 e. The highest BCUT2D eigenvalue weighted by molar-refractivity contribution is 6.23. The fourth-order valence-electron chi connectivity index (χ4n) is 3.63. The first-order chi connectivity index (χ1) is 14.4. The SMILES string of the molecule is COc1ccc(N2C(=O)CC(N(C(=O)c3ccc([N+](=O)[O-])cc3)C3CC3)C2=O)cc1. The van der Waals surface area contributed by atoms with E-state index in [0.717, 1.165) is 17.7 Å². The van der Waals surface area contributed by atoms with E-state index >= 15 is 0 Å². The van der Waals surface area contributed by atoms with E-state index in [1.807, 2.05) is 0 Å². The van der Waals surface area contributed by atoms with Crippen LogP contribution in [0.4, 0.5) is 11.4 Å². The largest absolute Gasteiger partial charge is 0.497 e. The van der Waals surface area contributed by atoms with Crippen molar-refractivity contribution in [1.29, 1.82) is 0 Å². The molecule has 1 saturated carbocycles. The van der Waals surface area contributed by atoms with Crippen LogP contribution in [0.5, 0.6) is 5.75 Å². The molecule has 1 saturated heterocycles. The highest BCUT2D eigenvalue weighted by Crippen LogP contribution is 2.35. The maximum Gasteiger partial charge on any atom is 0.269 e. The maximum atomic E-state index is 13.1. The fourth-order valence-corrected chi connectivity index (χ4v) is 3.63. The molecule has 1 heterocycles. The minimum absolute atomic E-state index is 0.0971. The number of carbonyl (C=O) groups excluding carboxylic acids is 3. The number of methoxy groups -OCH3 is 1. The summed E-state index contributed by atoms with van der Waals surface area (Å²) in [7, 11) is 1.52. The first-order valence-corrected chi connectivity index (χ1v) is 9.48. The van der Waals surface area contributed by atoms with Crippen LogP contribution < -0.4 is 9.64 Å². The van der Waals surface area contributed by atoms with E-state index < -0.39 is 22.8 Å². The van der Waals surface area contributed by atoms with Crippen LogP contribution >= 0.6 is 0 Å². The van der Waals surface area contributed by atoms with E-state index in [9.17, 15) is 24.5 Å². The van der Waals surface area contributed by atoms with Crippen LogP contribution in [0.15, 0.2) is 48.5 Å². The average molecular weight is 409 g/mol. The standard InChI is InChI=1S/C21H19N3O6/c1-30-17-10-8-15(9-11-17)23-19(25)12-18(21(23)27)22(14-6-7-14)20(26)13-2-4-16(5-3-13)24(28)29/h2-5,8-11,14,18H,6-7,12H2,1H3. The number of rotatable bonds is 6. The van der Waals surface area contributed by atoms with E-state index in [-0.39, 0.29) is 29.6 Å². The van der Waals surface area contributed by atoms with Crippen LogP contribution in [-0.4, -0.2) is 46.7 Å². The third kappa shape index (κ3) is 3.49. The third-order valence-corrected chi connectivity index (χ3v) is 5.29. The number of anilines is 1. The number of hydrogen-bond donors (Lipinski definition) is 0. The zero-order valence-corrected chi connectivity index (χ0v) is 16.2. The second-order valence-electron chi connectivity index (χ2n) is 7.23. The molecule has 0 bridgehead atoms. The number of hydrogen-bond acceptors (Lipinski definition) is 6. The molecule has 30 heavy (non-hydrogen) atoms. The molecule has 4 rings (SSSR count). The maximum absolute atomic E-state index is 13.1. The van der Waals surface area contributed by atoms with Crippen molar-refractivity contribution in [3.8, 4) is 5.75 Å². The monoisotopic (exact) mass is 409 g/mol. The lowest BCUT2D eigenvalue weighted by molar-refractivity contribution is -0.384. The molecule has 0 radical (unpaired) electrons. The lowest BCUT2D eigenvalue weighted by Gasteiger charge is -2.27. The van der Waals surface area contributed by atoms with Crippen molar-refractivity contribution in [3.63, 3.8) is 0 Å². The summed E-state index contributed by atoms with van der Waals surface area (Å²) in [5, 5.41) is 10.8. The van der Waals surface area contributed by atoms with Gasteiger partial charge in [-0.25, -0.2) is 4.90 Å². The average Bonchev–Trinajstić information content (AvgIpc) is 3.54. The number of amides is 3. The lowest BCUT2D eigenvalue weighted by Crippen LogP contribution is -2.46. The summed E-state index contributed by atoms with van der Waals surface area (Å²) in [5.41, 5.74) is 0.546. The Hall–Kier alpha value is -3.75. The molecular weight excluding hydrogens is 390 g/mol. The van der Waals surface area contributed by atoms with Crippen LogP contribution in [0.25, 0.3) is 0 Å². The predicted octanol–water partition coefficient (Wildman–Crippen LogP) is 2.54. The Balaban J connectivity index is 1.60. The second-order valence-corrected chi connectivity index (χ2v) is 7.23. The van der Waals surface area contributed by atoms with Crippen molar-refractivity contribution in [1.82, 2.24) is 4.90 Å². The van der Waals surface area contributed by atoms with Gasteiger partial charge >= 0.3 is 0 Å². The predicted molar refractivity (Wildman–Crippen MR) is 106 cm³/mol. The number of non-ortho nitro benzene ring substituents is 1. The number of imide groups is 1. The summed E-state index contributed by atoms with van der Waals surface area (Å²) in [6.07, 6.45) is 1.40. The number of nitro groups is 1. The van der Waals surface area contributed by atoms with Gasteiger partial charge in [0.15, 0.2) is 0 Å². The summed E-state index contributed by atoms with van der Waals surface area (Å²) in [6, 6.07) is 10.8. The topological polar surface area (TPSA) is 110 Å². The second kappa shape index (κ2) is 7.58. The van der Waals surface area contributed by atoms with Crippen molar-refractivity contribution in [2.24, 2.45) is 0 Å². The molecule has 2 aliphatic rings. The number of benzene rings is 2. The van der Waals surface area contributed by atoms with Gasteiger partial charge in [0.1, 0.15) is 11.8 Å². The molecule has 2 aromatic carbocycles. The van der Waals surface area contributed by atoms with Crippen molar-refractivity contribution in [2.75, 3.05) is 12.0 Å².